The number of carboxylic acid groups (broad SMARTS) is 1. The summed E-state index contributed by atoms with van der Waals surface area (Å²) >= 11 is 6.02. The Morgan fingerprint density at radius 2 is 1.90 bits per heavy atom. The molecular weight excluding hydrogens is 294 g/mol. The number of halogens is 1. The summed E-state index contributed by atoms with van der Waals surface area (Å²) in [7, 11) is 0. The van der Waals surface area contributed by atoms with Crippen molar-refractivity contribution in [2.75, 3.05) is 0 Å². The highest BCUT2D eigenvalue weighted by Gasteiger charge is 2.36. The standard InChI is InChI=1S/C15H20ClNO4/c1-15(2,3)21-14(20)12(13(18)19)11(17)8-9-6-4-5-7-10(9)16/h4-7,11-12H,8,17H2,1-3H3,(H,18,19)/t11-,12+/m0/s1. The summed E-state index contributed by atoms with van der Waals surface area (Å²) in [5.41, 5.74) is 5.83. The second kappa shape index (κ2) is 6.91. The topological polar surface area (TPSA) is 89.6 Å². The number of benzene rings is 1. The molecule has 0 aliphatic carbocycles. The fourth-order valence-electron chi connectivity index (χ4n) is 1.86. The van der Waals surface area contributed by atoms with Crippen molar-refractivity contribution in [1.82, 2.24) is 0 Å². The van der Waals surface area contributed by atoms with Gasteiger partial charge in [-0.25, -0.2) is 0 Å². The van der Waals surface area contributed by atoms with Gasteiger partial charge in [-0.3, -0.25) is 9.59 Å². The molecule has 5 nitrogen and oxygen atoms in total. The van der Waals surface area contributed by atoms with Crippen molar-refractivity contribution in [2.45, 2.75) is 38.8 Å². The van der Waals surface area contributed by atoms with Gasteiger partial charge in [0.1, 0.15) is 5.60 Å². The Balaban J connectivity index is 2.88. The average molecular weight is 314 g/mol. The molecule has 0 aromatic heterocycles. The van der Waals surface area contributed by atoms with Gasteiger partial charge in [-0.1, -0.05) is 29.8 Å². The molecule has 21 heavy (non-hydrogen) atoms. The Bertz CT molecular complexity index is 525. The van der Waals surface area contributed by atoms with E-state index in [1.54, 1.807) is 45.0 Å². The summed E-state index contributed by atoms with van der Waals surface area (Å²) in [6.45, 7) is 5.01. The quantitative estimate of drug-likeness (QED) is 0.643. The van der Waals surface area contributed by atoms with Gasteiger partial charge in [-0.05, 0) is 38.8 Å². The van der Waals surface area contributed by atoms with Gasteiger partial charge in [0.25, 0.3) is 0 Å². The molecule has 0 amide bonds. The first-order chi connectivity index (χ1) is 9.61. The molecular formula is C15H20ClNO4. The van der Waals surface area contributed by atoms with E-state index in [4.69, 9.17) is 22.1 Å². The summed E-state index contributed by atoms with van der Waals surface area (Å²) in [4.78, 5) is 23.3. The summed E-state index contributed by atoms with van der Waals surface area (Å²) < 4.78 is 5.12. The zero-order valence-corrected chi connectivity index (χ0v) is 13.1. The molecule has 0 radical (unpaired) electrons. The molecule has 3 N–H and O–H groups in total. The summed E-state index contributed by atoms with van der Waals surface area (Å²) in [5.74, 6) is -3.57. The largest absolute Gasteiger partial charge is 0.481 e. The lowest BCUT2D eigenvalue weighted by Crippen LogP contribution is -2.45. The third-order valence-electron chi connectivity index (χ3n) is 2.77. The van der Waals surface area contributed by atoms with Crippen LogP contribution in [-0.2, 0) is 20.7 Å². The van der Waals surface area contributed by atoms with Crippen LogP contribution in [-0.4, -0.2) is 28.7 Å². The predicted octanol–water partition coefficient (Wildman–Crippen LogP) is 2.25. The van der Waals surface area contributed by atoms with Gasteiger partial charge in [-0.15, -0.1) is 0 Å². The second-order valence-corrected chi connectivity index (χ2v) is 6.22. The van der Waals surface area contributed by atoms with Crippen molar-refractivity contribution < 1.29 is 19.4 Å². The molecule has 0 fully saturated rings. The molecule has 0 unspecified atom stereocenters. The molecule has 0 saturated carbocycles. The summed E-state index contributed by atoms with van der Waals surface area (Å²) in [5, 5.41) is 9.73. The Labute approximate surface area is 129 Å². The van der Waals surface area contributed by atoms with E-state index in [0.717, 1.165) is 0 Å². The fraction of sp³-hybridized carbons (Fsp3) is 0.467. The normalized spacial score (nSPS) is 14.3. The molecule has 0 spiro atoms. The van der Waals surface area contributed by atoms with Crippen LogP contribution in [0.3, 0.4) is 0 Å². The van der Waals surface area contributed by atoms with Crippen LogP contribution in [0, 0.1) is 5.92 Å². The van der Waals surface area contributed by atoms with Crippen molar-refractivity contribution in [3.05, 3.63) is 34.9 Å². The van der Waals surface area contributed by atoms with E-state index in [0.29, 0.717) is 10.6 Å². The molecule has 116 valence electrons. The number of carboxylic acids is 1. The number of hydrogen-bond acceptors (Lipinski definition) is 4. The van der Waals surface area contributed by atoms with Gasteiger partial charge < -0.3 is 15.6 Å². The first-order valence-electron chi connectivity index (χ1n) is 6.56. The van der Waals surface area contributed by atoms with E-state index in [2.05, 4.69) is 0 Å². The number of carbonyl (C=O) groups is 2. The molecule has 0 saturated heterocycles. The lowest BCUT2D eigenvalue weighted by Gasteiger charge is -2.25. The molecule has 1 aromatic carbocycles. The van der Waals surface area contributed by atoms with Crippen LogP contribution < -0.4 is 5.73 Å². The maximum absolute atomic E-state index is 12.0. The van der Waals surface area contributed by atoms with Crippen molar-refractivity contribution >= 4 is 23.5 Å². The van der Waals surface area contributed by atoms with E-state index < -0.39 is 29.5 Å². The Morgan fingerprint density at radius 1 is 1.33 bits per heavy atom. The molecule has 6 heteroatoms. The number of aliphatic carboxylic acids is 1. The fourth-order valence-corrected chi connectivity index (χ4v) is 2.07. The minimum absolute atomic E-state index is 0.176. The predicted molar refractivity (Wildman–Crippen MR) is 80.1 cm³/mol. The van der Waals surface area contributed by atoms with Crippen molar-refractivity contribution in [2.24, 2.45) is 11.7 Å². The van der Waals surface area contributed by atoms with Crippen molar-refractivity contribution in [3.63, 3.8) is 0 Å². The number of ether oxygens (including phenoxy) is 1. The Kier molecular flexibility index (Phi) is 5.75. The number of esters is 1. The number of carbonyl (C=O) groups excluding carboxylic acids is 1. The first-order valence-corrected chi connectivity index (χ1v) is 6.94. The monoisotopic (exact) mass is 313 g/mol. The molecule has 0 bridgehead atoms. The van der Waals surface area contributed by atoms with Crippen LogP contribution in [0.2, 0.25) is 5.02 Å². The van der Waals surface area contributed by atoms with E-state index in [1.165, 1.54) is 0 Å². The summed E-state index contributed by atoms with van der Waals surface area (Å²) in [6, 6.07) is 6.05. The molecule has 2 atom stereocenters. The average Bonchev–Trinajstić information content (AvgIpc) is 2.29. The Morgan fingerprint density at radius 3 is 2.38 bits per heavy atom. The number of rotatable bonds is 5. The highest BCUT2D eigenvalue weighted by atomic mass is 35.5. The zero-order valence-electron chi connectivity index (χ0n) is 12.3. The SMILES string of the molecule is CC(C)(C)OC(=O)[C@@H](C(=O)O)[C@@H](N)Cc1ccccc1Cl. The number of nitrogens with two attached hydrogens (primary N) is 1. The van der Waals surface area contributed by atoms with Gasteiger partial charge in [0.2, 0.25) is 0 Å². The number of hydrogen-bond donors (Lipinski definition) is 2. The third-order valence-corrected chi connectivity index (χ3v) is 3.14. The van der Waals surface area contributed by atoms with Gasteiger partial charge in [-0.2, -0.15) is 0 Å². The van der Waals surface area contributed by atoms with Crippen LogP contribution in [0.5, 0.6) is 0 Å². The van der Waals surface area contributed by atoms with Gasteiger partial charge >= 0.3 is 11.9 Å². The van der Waals surface area contributed by atoms with Crippen molar-refractivity contribution in [1.29, 1.82) is 0 Å². The van der Waals surface area contributed by atoms with E-state index >= 15 is 0 Å². The van der Waals surface area contributed by atoms with Crippen LogP contribution in [0.1, 0.15) is 26.3 Å². The molecule has 1 aromatic rings. The minimum Gasteiger partial charge on any atom is -0.481 e. The summed E-state index contributed by atoms with van der Waals surface area (Å²) in [6.07, 6.45) is 0.176. The Hall–Kier alpha value is -1.59. The van der Waals surface area contributed by atoms with Gasteiger partial charge in [0, 0.05) is 11.1 Å². The highest BCUT2D eigenvalue weighted by molar-refractivity contribution is 6.31. The van der Waals surface area contributed by atoms with E-state index in [9.17, 15) is 14.7 Å². The molecule has 0 aliphatic heterocycles. The maximum atomic E-state index is 12.0. The smallest absolute Gasteiger partial charge is 0.322 e. The lowest BCUT2D eigenvalue weighted by atomic mass is 9.94. The zero-order chi connectivity index (χ0) is 16.2. The van der Waals surface area contributed by atoms with Crippen LogP contribution >= 0.6 is 11.6 Å². The van der Waals surface area contributed by atoms with Crippen LogP contribution in [0.25, 0.3) is 0 Å². The van der Waals surface area contributed by atoms with E-state index in [-0.39, 0.29) is 6.42 Å². The lowest BCUT2D eigenvalue weighted by molar-refractivity contribution is -0.167. The van der Waals surface area contributed by atoms with Crippen LogP contribution in [0.15, 0.2) is 24.3 Å². The van der Waals surface area contributed by atoms with Gasteiger partial charge in [0.15, 0.2) is 5.92 Å². The molecule has 0 aliphatic rings. The maximum Gasteiger partial charge on any atom is 0.322 e. The highest BCUT2D eigenvalue weighted by Crippen LogP contribution is 2.20. The second-order valence-electron chi connectivity index (χ2n) is 5.81. The van der Waals surface area contributed by atoms with Gasteiger partial charge in [0.05, 0.1) is 0 Å². The molecule has 0 heterocycles. The first kappa shape index (κ1) is 17.5. The van der Waals surface area contributed by atoms with E-state index in [1.807, 2.05) is 0 Å². The minimum atomic E-state index is -1.43. The van der Waals surface area contributed by atoms with Crippen LogP contribution in [0.4, 0.5) is 0 Å². The van der Waals surface area contributed by atoms with Crippen molar-refractivity contribution in [3.8, 4) is 0 Å². The molecule has 1 rings (SSSR count). The third kappa shape index (κ3) is 5.36.